The highest BCUT2D eigenvalue weighted by Gasteiger charge is 2.30. The van der Waals surface area contributed by atoms with Crippen molar-refractivity contribution in [3.63, 3.8) is 0 Å². The van der Waals surface area contributed by atoms with Crippen LogP contribution in [-0.2, 0) is 19.6 Å². The van der Waals surface area contributed by atoms with Crippen LogP contribution in [0, 0.1) is 5.92 Å². The summed E-state index contributed by atoms with van der Waals surface area (Å²) in [6.45, 7) is 3.51. The fraction of sp³-hybridized carbons (Fsp3) is 0.312. The number of rotatable bonds is 5. The number of benzene rings is 2. The second-order valence-corrected chi connectivity index (χ2v) is 7.99. The lowest BCUT2D eigenvalue weighted by molar-refractivity contribution is -0.143. The molecule has 7 heteroatoms. The molecule has 124 valence electrons. The van der Waals surface area contributed by atoms with Crippen molar-refractivity contribution < 1.29 is 17.9 Å². The summed E-state index contributed by atoms with van der Waals surface area (Å²) in [5.41, 5.74) is 0. The molecule has 0 aromatic heterocycles. The second kappa shape index (κ2) is 6.98. The van der Waals surface area contributed by atoms with E-state index in [-0.39, 0.29) is 10.8 Å². The predicted octanol–water partition coefficient (Wildman–Crippen LogP) is 3.08. The van der Waals surface area contributed by atoms with E-state index < -0.39 is 22.0 Å². The number of carbonyl (C=O) groups is 1. The lowest BCUT2D eigenvalue weighted by Crippen LogP contribution is -2.44. The van der Waals surface area contributed by atoms with Crippen molar-refractivity contribution in [2.45, 2.75) is 24.8 Å². The van der Waals surface area contributed by atoms with Crippen LogP contribution in [0.2, 0.25) is 0 Å². The van der Waals surface area contributed by atoms with Crippen LogP contribution in [0.4, 0.5) is 0 Å². The van der Waals surface area contributed by atoms with Gasteiger partial charge in [0.15, 0.2) is 0 Å². The first kappa shape index (κ1) is 17.9. The molecule has 0 spiro atoms. The number of esters is 1. The van der Waals surface area contributed by atoms with Crippen LogP contribution in [-0.4, -0.2) is 27.5 Å². The van der Waals surface area contributed by atoms with Gasteiger partial charge < -0.3 is 4.74 Å². The number of ether oxygens (including phenoxy) is 1. The Hall–Kier alpha value is -1.44. The molecule has 0 aliphatic carbocycles. The zero-order valence-corrected chi connectivity index (χ0v) is 15.4. The van der Waals surface area contributed by atoms with Gasteiger partial charge >= 0.3 is 5.97 Å². The van der Waals surface area contributed by atoms with Gasteiger partial charge in [-0.1, -0.05) is 54.0 Å². The smallest absolute Gasteiger partial charge is 0.324 e. The molecule has 1 atom stereocenters. The van der Waals surface area contributed by atoms with Gasteiger partial charge in [0.25, 0.3) is 0 Å². The van der Waals surface area contributed by atoms with E-state index in [2.05, 4.69) is 25.4 Å². The molecule has 2 rings (SSSR count). The minimum absolute atomic E-state index is 0.130. The topological polar surface area (TPSA) is 72.5 Å². The lowest BCUT2D eigenvalue weighted by atomic mass is 10.1. The zero-order valence-electron chi connectivity index (χ0n) is 13.0. The number of halogens is 1. The molecule has 0 aliphatic heterocycles. The Balaban J connectivity index is 2.52. The Bertz CT molecular complexity index is 833. The van der Waals surface area contributed by atoms with Crippen molar-refractivity contribution in [3.8, 4) is 0 Å². The van der Waals surface area contributed by atoms with Crippen molar-refractivity contribution in [2.24, 2.45) is 5.92 Å². The largest absolute Gasteiger partial charge is 0.468 e. The predicted molar refractivity (Wildman–Crippen MR) is 92.6 cm³/mol. The van der Waals surface area contributed by atoms with Crippen molar-refractivity contribution in [2.75, 3.05) is 7.11 Å². The molecule has 0 heterocycles. The minimum Gasteiger partial charge on any atom is -0.468 e. The number of methoxy groups -OCH3 is 1. The van der Waals surface area contributed by atoms with Crippen LogP contribution in [0.25, 0.3) is 10.8 Å². The highest BCUT2D eigenvalue weighted by atomic mass is 79.9. The van der Waals surface area contributed by atoms with Gasteiger partial charge in [-0.3, -0.25) is 4.79 Å². The number of hydrogen-bond acceptors (Lipinski definition) is 4. The summed E-state index contributed by atoms with van der Waals surface area (Å²) < 4.78 is 33.5. The summed E-state index contributed by atoms with van der Waals surface area (Å²) in [5, 5.41) is 1.37. The van der Waals surface area contributed by atoms with E-state index in [0.29, 0.717) is 5.39 Å². The summed E-state index contributed by atoms with van der Waals surface area (Å²) in [4.78, 5) is 12.0. The third-order valence-electron chi connectivity index (χ3n) is 3.52. The first-order chi connectivity index (χ1) is 10.8. The molecule has 0 aliphatic rings. The normalized spacial score (nSPS) is 13.3. The lowest BCUT2D eigenvalue weighted by Gasteiger charge is -2.20. The first-order valence-corrected chi connectivity index (χ1v) is 9.33. The van der Waals surface area contributed by atoms with Gasteiger partial charge in [0, 0.05) is 9.86 Å². The van der Waals surface area contributed by atoms with Crippen molar-refractivity contribution in [1.82, 2.24) is 4.72 Å². The summed E-state index contributed by atoms with van der Waals surface area (Å²) >= 11 is 3.42. The van der Waals surface area contributed by atoms with Gasteiger partial charge in [-0.15, -0.1) is 0 Å². The maximum atomic E-state index is 12.8. The highest BCUT2D eigenvalue weighted by Crippen LogP contribution is 2.29. The van der Waals surface area contributed by atoms with E-state index in [4.69, 9.17) is 0 Å². The molecular formula is C16H18BrNO4S. The molecule has 2 aromatic carbocycles. The van der Waals surface area contributed by atoms with Gasteiger partial charge in [-0.25, -0.2) is 8.42 Å². The molecular weight excluding hydrogens is 382 g/mol. The van der Waals surface area contributed by atoms with Crippen LogP contribution in [0.1, 0.15) is 13.8 Å². The Morgan fingerprint density at radius 1 is 1.13 bits per heavy atom. The molecule has 0 amide bonds. The molecule has 0 bridgehead atoms. The molecule has 2 aromatic rings. The van der Waals surface area contributed by atoms with E-state index in [1.54, 1.807) is 32.0 Å². The van der Waals surface area contributed by atoms with Crippen molar-refractivity contribution >= 4 is 42.7 Å². The van der Waals surface area contributed by atoms with E-state index in [0.717, 1.165) is 9.86 Å². The zero-order chi connectivity index (χ0) is 17.2. The van der Waals surface area contributed by atoms with E-state index >= 15 is 0 Å². The standard InChI is InChI=1S/C16H18BrNO4S/c1-10(2)15(16(19)22-3)18-23(20,21)14-9-8-13(17)11-6-4-5-7-12(11)14/h4-10,15,18H,1-3H3. The Morgan fingerprint density at radius 3 is 2.30 bits per heavy atom. The highest BCUT2D eigenvalue weighted by molar-refractivity contribution is 9.10. The summed E-state index contributed by atoms with van der Waals surface area (Å²) in [5.74, 6) is -0.844. The number of carbonyl (C=O) groups excluding carboxylic acids is 1. The molecule has 0 fully saturated rings. The van der Waals surface area contributed by atoms with Crippen molar-refractivity contribution in [3.05, 3.63) is 40.9 Å². The third-order valence-corrected chi connectivity index (χ3v) is 5.72. The molecule has 5 nitrogen and oxygen atoms in total. The quantitative estimate of drug-likeness (QED) is 0.783. The molecule has 1 unspecified atom stereocenters. The summed E-state index contributed by atoms with van der Waals surface area (Å²) in [6, 6.07) is 9.43. The van der Waals surface area contributed by atoms with Crippen LogP contribution in [0.3, 0.4) is 0 Å². The molecule has 0 saturated heterocycles. The number of hydrogen-bond donors (Lipinski definition) is 1. The van der Waals surface area contributed by atoms with E-state index in [1.165, 1.54) is 13.2 Å². The summed E-state index contributed by atoms with van der Waals surface area (Å²) in [6.07, 6.45) is 0. The van der Waals surface area contributed by atoms with E-state index in [9.17, 15) is 13.2 Å². The van der Waals surface area contributed by atoms with Crippen LogP contribution < -0.4 is 4.72 Å². The fourth-order valence-corrected chi connectivity index (χ4v) is 4.31. The van der Waals surface area contributed by atoms with Gasteiger partial charge in [0.1, 0.15) is 6.04 Å². The maximum absolute atomic E-state index is 12.8. The van der Waals surface area contributed by atoms with Crippen LogP contribution in [0.5, 0.6) is 0 Å². The average molecular weight is 400 g/mol. The Kier molecular flexibility index (Phi) is 5.44. The summed E-state index contributed by atoms with van der Waals surface area (Å²) in [7, 11) is -2.64. The van der Waals surface area contributed by atoms with E-state index in [1.807, 2.05) is 12.1 Å². The monoisotopic (exact) mass is 399 g/mol. The van der Waals surface area contributed by atoms with Gasteiger partial charge in [-0.2, -0.15) is 4.72 Å². The van der Waals surface area contributed by atoms with Crippen LogP contribution in [0.15, 0.2) is 45.8 Å². The Morgan fingerprint density at radius 2 is 1.74 bits per heavy atom. The molecule has 23 heavy (non-hydrogen) atoms. The maximum Gasteiger partial charge on any atom is 0.324 e. The van der Waals surface area contributed by atoms with Gasteiger partial charge in [-0.05, 0) is 23.4 Å². The molecule has 1 N–H and O–H groups in total. The number of sulfonamides is 1. The fourth-order valence-electron chi connectivity index (χ4n) is 2.28. The SMILES string of the molecule is COC(=O)C(NS(=O)(=O)c1ccc(Br)c2ccccc12)C(C)C. The van der Waals surface area contributed by atoms with Gasteiger partial charge in [0.2, 0.25) is 10.0 Å². The second-order valence-electron chi connectivity index (χ2n) is 5.46. The van der Waals surface area contributed by atoms with Crippen molar-refractivity contribution in [1.29, 1.82) is 0 Å². The minimum atomic E-state index is -3.87. The van der Waals surface area contributed by atoms with Gasteiger partial charge in [0.05, 0.1) is 12.0 Å². The molecule has 0 saturated carbocycles. The number of fused-ring (bicyclic) bond motifs is 1. The molecule has 0 radical (unpaired) electrons. The van der Waals surface area contributed by atoms with Crippen LogP contribution >= 0.6 is 15.9 Å². The third kappa shape index (κ3) is 3.73. The average Bonchev–Trinajstić information content (AvgIpc) is 2.52. The first-order valence-electron chi connectivity index (χ1n) is 7.05. The number of nitrogens with one attached hydrogen (secondary N) is 1. The Labute approximate surface area is 144 Å².